The molecule has 20 heavy (non-hydrogen) atoms. The highest BCUT2D eigenvalue weighted by Crippen LogP contribution is 2.61. The van der Waals surface area contributed by atoms with Crippen LogP contribution < -0.4 is 0 Å². The molecule has 5 heteroatoms. The van der Waals surface area contributed by atoms with Crippen molar-refractivity contribution in [1.82, 2.24) is 0 Å². The minimum atomic E-state index is 0. The molecule has 2 heterocycles. The zero-order chi connectivity index (χ0) is 14.8. The molecule has 0 bridgehead atoms. The van der Waals surface area contributed by atoms with Crippen molar-refractivity contribution in [1.29, 1.82) is 0 Å². The lowest BCUT2D eigenvalue weighted by Gasteiger charge is -1.98. The first-order chi connectivity index (χ1) is 10.3. The van der Waals surface area contributed by atoms with Crippen molar-refractivity contribution in [2.75, 3.05) is 0 Å². The Balaban J connectivity index is 0.000000566. The van der Waals surface area contributed by atoms with Crippen LogP contribution in [0.1, 0.15) is 8.53 Å². The van der Waals surface area contributed by atoms with Crippen LogP contribution in [0.4, 0.5) is 4.70 Å². The van der Waals surface area contributed by atoms with Crippen LogP contribution in [0.5, 0.6) is 0 Å². The molecule has 0 saturated carbocycles. The topological polar surface area (TPSA) is 0 Å². The summed E-state index contributed by atoms with van der Waals surface area (Å²) in [6, 6.07) is 15.4. The molecule has 0 N–H and O–H groups in total. The van der Waals surface area contributed by atoms with Crippen LogP contribution >= 0.6 is 47.0 Å². The Morgan fingerprint density at radius 3 is 1.85 bits per heavy atom. The standard InChI is InChI=1S/C15H10S4.FH.H2/c1-9-6-7-12-13(8-9)19-15(18-12)14-16-10-4-2-3-5-11(10)17-14;;/h2-8H,1H3;2*1H/i;;1+2T. The second kappa shape index (κ2) is 5.72. The van der Waals surface area contributed by atoms with Gasteiger partial charge in [0.05, 0.1) is 8.47 Å². The van der Waals surface area contributed by atoms with Crippen molar-refractivity contribution in [3.05, 3.63) is 56.5 Å². The van der Waals surface area contributed by atoms with Crippen molar-refractivity contribution in [2.45, 2.75) is 26.5 Å². The number of rotatable bonds is 0. The molecule has 0 saturated heterocycles. The first-order valence-corrected chi connectivity index (χ1v) is 9.21. The highest BCUT2D eigenvalue weighted by atomic mass is 32.2. The van der Waals surface area contributed by atoms with Gasteiger partial charge in [-0.25, -0.2) is 0 Å². The summed E-state index contributed by atoms with van der Waals surface area (Å²) in [7, 11) is 0. The third kappa shape index (κ3) is 2.52. The van der Waals surface area contributed by atoms with Crippen molar-refractivity contribution in [2.24, 2.45) is 0 Å². The summed E-state index contributed by atoms with van der Waals surface area (Å²) in [6.07, 6.45) is 0. The van der Waals surface area contributed by atoms with E-state index in [0.29, 0.717) is 0 Å². The second-order valence-electron chi connectivity index (χ2n) is 4.38. The smallest absolute Gasteiger partial charge is 0.0706 e. The summed E-state index contributed by atoms with van der Waals surface area (Å²) in [6.45, 7) is 2.16. The monoisotopic (exact) mass is 344 g/mol. The van der Waals surface area contributed by atoms with Crippen molar-refractivity contribution in [3.8, 4) is 0 Å². The summed E-state index contributed by atoms with van der Waals surface area (Å²) in [5, 5.41) is 0. The molecule has 2 aliphatic heterocycles. The molecule has 0 radical (unpaired) electrons. The highest BCUT2D eigenvalue weighted by molar-refractivity contribution is 8.30. The van der Waals surface area contributed by atoms with Crippen LogP contribution in [0.2, 0.25) is 0 Å². The van der Waals surface area contributed by atoms with E-state index in [1.165, 1.54) is 33.6 Å². The quantitative estimate of drug-likeness (QED) is 0.526. The third-order valence-electron chi connectivity index (χ3n) is 2.93. The van der Waals surface area contributed by atoms with Gasteiger partial charge in [0.1, 0.15) is 0 Å². The van der Waals surface area contributed by atoms with E-state index in [1.807, 2.05) is 47.0 Å². The Morgan fingerprint density at radius 1 is 0.750 bits per heavy atom. The molecule has 0 atom stereocenters. The van der Waals surface area contributed by atoms with Gasteiger partial charge in [-0.15, -0.1) is 0 Å². The Hall–Kier alpha value is -0.490. The van der Waals surface area contributed by atoms with Gasteiger partial charge in [-0.1, -0.05) is 65.2 Å². The molecule has 104 valence electrons. The largest absolute Gasteiger partial charge is 0.269 e. The van der Waals surface area contributed by atoms with Gasteiger partial charge in [0.2, 0.25) is 0 Å². The summed E-state index contributed by atoms with van der Waals surface area (Å²) in [4.78, 5) is 5.59. The number of fused-ring (bicyclic) bond motifs is 2. The van der Waals surface area contributed by atoms with Crippen molar-refractivity contribution >= 4 is 47.0 Å². The Kier molecular flexibility index (Phi) is 3.77. The van der Waals surface area contributed by atoms with Gasteiger partial charge in [-0.2, -0.15) is 0 Å². The summed E-state index contributed by atoms with van der Waals surface area (Å²) in [5.74, 6) is 0. The lowest BCUT2D eigenvalue weighted by molar-refractivity contribution is 1.11. The summed E-state index contributed by atoms with van der Waals surface area (Å²) in [5.41, 5.74) is 1.34. The van der Waals surface area contributed by atoms with Crippen LogP contribution in [0.3, 0.4) is 0 Å². The van der Waals surface area contributed by atoms with E-state index < -0.39 is 0 Å². The maximum Gasteiger partial charge on any atom is 0.0706 e. The Labute approximate surface area is 137 Å². The molecule has 0 unspecified atom stereocenters. The molecule has 0 amide bonds. The van der Waals surface area contributed by atoms with Gasteiger partial charge in [-0.05, 0) is 36.8 Å². The highest BCUT2D eigenvalue weighted by Gasteiger charge is 2.26. The number of hydrogen-bond donors (Lipinski definition) is 0. The van der Waals surface area contributed by atoms with Gasteiger partial charge >= 0.3 is 0 Å². The van der Waals surface area contributed by atoms with Crippen molar-refractivity contribution in [3.63, 3.8) is 0 Å². The van der Waals surface area contributed by atoms with Gasteiger partial charge in [0.25, 0.3) is 0 Å². The average Bonchev–Trinajstić information content (AvgIpc) is 3.12. The fourth-order valence-electron chi connectivity index (χ4n) is 2.01. The number of halogens is 1. The van der Waals surface area contributed by atoms with E-state index in [9.17, 15) is 0 Å². The molecule has 0 aromatic heterocycles. The van der Waals surface area contributed by atoms with Gasteiger partial charge in [0.15, 0.2) is 0 Å². The van der Waals surface area contributed by atoms with Crippen LogP contribution in [-0.2, 0) is 0 Å². The normalized spacial score (nSPS) is 16.2. The van der Waals surface area contributed by atoms with Crippen LogP contribution in [0, 0.1) is 6.92 Å². The van der Waals surface area contributed by atoms with E-state index in [-0.39, 0.29) is 4.70 Å². The third-order valence-corrected chi connectivity index (χ3v) is 8.54. The first kappa shape index (κ1) is 13.2. The molecule has 2 aliphatic rings. The molecular formula is C15H13FS4. The van der Waals surface area contributed by atoms with E-state index in [0.717, 1.165) is 0 Å². The van der Waals surface area contributed by atoms with Gasteiger partial charge in [0, 0.05) is 22.6 Å². The lowest BCUT2D eigenvalue weighted by atomic mass is 10.2. The van der Waals surface area contributed by atoms with Gasteiger partial charge in [-0.3, -0.25) is 4.70 Å². The first-order valence-electron chi connectivity index (χ1n) is 6.95. The zero-order valence-electron chi connectivity index (χ0n) is 12.6. The fraction of sp³-hybridized carbons (Fsp3) is 0.0667. The van der Waals surface area contributed by atoms with Crippen LogP contribution in [0.15, 0.2) is 70.5 Å². The zero-order valence-corrected chi connectivity index (χ0v) is 13.8. The number of hydrogen-bond acceptors (Lipinski definition) is 4. The van der Waals surface area contributed by atoms with E-state index in [1.54, 1.807) is 0 Å². The predicted molar refractivity (Wildman–Crippen MR) is 92.7 cm³/mol. The Morgan fingerprint density at radius 2 is 1.25 bits per heavy atom. The molecular weight excluding hydrogens is 327 g/mol. The predicted octanol–water partition coefficient (Wildman–Crippen LogP) is 6.62. The summed E-state index contributed by atoms with van der Waals surface area (Å²) >= 11 is 7.65. The molecule has 0 fully saturated rings. The minimum Gasteiger partial charge on any atom is -0.269 e. The molecule has 4 rings (SSSR count). The SMILES string of the molecule is Cc1ccc2c(c1)SC(=C1Sc3ccccc3S1)S2.F.[3H][3H]. The number of benzene rings is 2. The maximum atomic E-state index is 5.00. The minimum absolute atomic E-state index is 0. The molecule has 0 nitrogen and oxygen atoms in total. The molecule has 0 aliphatic carbocycles. The summed E-state index contributed by atoms with van der Waals surface area (Å²) < 4.78 is 12.9. The Bertz CT molecular complexity index is 691. The second-order valence-corrected chi connectivity index (χ2v) is 9.11. The molecule has 2 aromatic rings. The van der Waals surface area contributed by atoms with Crippen molar-refractivity contribution < 1.29 is 7.67 Å². The lowest BCUT2D eigenvalue weighted by Crippen LogP contribution is -1.73. The number of aryl methyl sites for hydroxylation is 1. The van der Waals surface area contributed by atoms with E-state index >= 15 is 0 Å². The number of thioether (sulfide) groups is 4. The molecule has 0 spiro atoms. The van der Waals surface area contributed by atoms with Crippen LogP contribution in [0.25, 0.3) is 0 Å². The van der Waals surface area contributed by atoms with E-state index in [4.69, 9.17) is 2.97 Å². The van der Waals surface area contributed by atoms with Gasteiger partial charge < -0.3 is 0 Å². The van der Waals surface area contributed by atoms with E-state index in [2.05, 4.69) is 49.4 Å². The van der Waals surface area contributed by atoms with Crippen LogP contribution in [-0.4, -0.2) is 0 Å². The average molecular weight is 345 g/mol. The molecule has 2 aromatic carbocycles. The maximum absolute atomic E-state index is 5.00. The fourth-order valence-corrected chi connectivity index (χ4v) is 7.39.